The molecule has 0 saturated carbocycles. The number of benzene rings is 2. The summed E-state index contributed by atoms with van der Waals surface area (Å²) in [4.78, 5) is 25.5. The molecule has 3 aromatic rings. The lowest BCUT2D eigenvalue weighted by Crippen LogP contribution is -2.30. The maximum Gasteiger partial charge on any atom is 0.340 e. The van der Waals surface area contributed by atoms with E-state index in [1.807, 2.05) is 66.9 Å². The van der Waals surface area contributed by atoms with Gasteiger partial charge in [0.15, 0.2) is 11.5 Å². The van der Waals surface area contributed by atoms with E-state index < -0.39 is 0 Å². The van der Waals surface area contributed by atoms with E-state index in [0.717, 1.165) is 22.4 Å². The van der Waals surface area contributed by atoms with Crippen LogP contribution in [0.1, 0.15) is 34.1 Å². The standard InChI is InChI=1S/C27H32N2O5/c1-6-34-27(31)25-18(2)26(21-10-8-7-9-11-21)29(19(25)3)17-24(30)28-15-14-20-12-13-22(32-4)23(16-20)33-5/h7-13,16H,6,14-15,17H2,1-5H3,(H,28,30). The molecule has 34 heavy (non-hydrogen) atoms. The van der Waals surface area contributed by atoms with Crippen LogP contribution < -0.4 is 14.8 Å². The van der Waals surface area contributed by atoms with Gasteiger partial charge >= 0.3 is 5.97 Å². The number of hydrogen-bond donors (Lipinski definition) is 1. The van der Waals surface area contributed by atoms with Crippen LogP contribution in [0.3, 0.4) is 0 Å². The van der Waals surface area contributed by atoms with Crippen LogP contribution in [0.25, 0.3) is 11.3 Å². The van der Waals surface area contributed by atoms with Crippen LogP contribution in [0, 0.1) is 13.8 Å². The number of carbonyl (C=O) groups is 2. The molecule has 7 heteroatoms. The molecule has 0 radical (unpaired) electrons. The first kappa shape index (κ1) is 24.9. The van der Waals surface area contributed by atoms with Crippen molar-refractivity contribution < 1.29 is 23.8 Å². The quantitative estimate of drug-likeness (QED) is 0.452. The molecule has 1 heterocycles. The lowest BCUT2D eigenvalue weighted by Gasteiger charge is -2.13. The Morgan fingerprint density at radius 2 is 1.68 bits per heavy atom. The third kappa shape index (κ3) is 5.42. The molecule has 0 unspecified atom stereocenters. The minimum absolute atomic E-state index is 0.0994. The fraction of sp³-hybridized carbons (Fsp3) is 0.333. The molecule has 2 aromatic carbocycles. The van der Waals surface area contributed by atoms with Gasteiger partial charge < -0.3 is 24.1 Å². The van der Waals surface area contributed by atoms with Crippen molar-refractivity contribution in [3.8, 4) is 22.8 Å². The van der Waals surface area contributed by atoms with Crippen molar-refractivity contribution in [2.24, 2.45) is 0 Å². The Morgan fingerprint density at radius 3 is 2.32 bits per heavy atom. The Kier molecular flexibility index (Phi) is 8.35. The Labute approximate surface area is 200 Å². The maximum atomic E-state index is 12.9. The van der Waals surface area contributed by atoms with Gasteiger partial charge in [0.2, 0.25) is 5.91 Å². The largest absolute Gasteiger partial charge is 0.493 e. The minimum Gasteiger partial charge on any atom is -0.493 e. The van der Waals surface area contributed by atoms with E-state index in [4.69, 9.17) is 14.2 Å². The van der Waals surface area contributed by atoms with Gasteiger partial charge in [0.25, 0.3) is 0 Å². The zero-order chi connectivity index (χ0) is 24.7. The number of rotatable bonds is 10. The summed E-state index contributed by atoms with van der Waals surface area (Å²) in [6, 6.07) is 15.5. The van der Waals surface area contributed by atoms with Gasteiger partial charge in [-0.3, -0.25) is 4.79 Å². The molecule has 1 N–H and O–H groups in total. The predicted molar refractivity (Wildman–Crippen MR) is 132 cm³/mol. The molecule has 0 fully saturated rings. The number of methoxy groups -OCH3 is 2. The number of carbonyl (C=O) groups excluding carboxylic acids is 2. The summed E-state index contributed by atoms with van der Waals surface area (Å²) in [5.74, 6) is 0.816. The normalized spacial score (nSPS) is 10.6. The Balaban J connectivity index is 1.78. The average Bonchev–Trinajstić information content (AvgIpc) is 3.08. The average molecular weight is 465 g/mol. The van der Waals surface area contributed by atoms with E-state index in [1.165, 1.54) is 0 Å². The highest BCUT2D eigenvalue weighted by Gasteiger charge is 2.25. The molecule has 0 saturated heterocycles. The van der Waals surface area contributed by atoms with Gasteiger partial charge in [0.05, 0.1) is 32.1 Å². The highest BCUT2D eigenvalue weighted by molar-refractivity contribution is 5.95. The van der Waals surface area contributed by atoms with Crippen LogP contribution in [-0.4, -0.2) is 43.8 Å². The summed E-state index contributed by atoms with van der Waals surface area (Å²) in [6.07, 6.45) is 0.648. The smallest absolute Gasteiger partial charge is 0.340 e. The first-order valence-electron chi connectivity index (χ1n) is 11.3. The second-order valence-corrected chi connectivity index (χ2v) is 7.90. The maximum absolute atomic E-state index is 12.9. The lowest BCUT2D eigenvalue weighted by molar-refractivity contribution is -0.121. The van der Waals surface area contributed by atoms with Crippen LogP contribution >= 0.6 is 0 Å². The highest BCUT2D eigenvalue weighted by atomic mass is 16.5. The zero-order valence-electron chi connectivity index (χ0n) is 20.4. The molecule has 0 aliphatic carbocycles. The van der Waals surface area contributed by atoms with Crippen molar-refractivity contribution in [3.63, 3.8) is 0 Å². The van der Waals surface area contributed by atoms with Gasteiger partial charge in [-0.15, -0.1) is 0 Å². The summed E-state index contributed by atoms with van der Waals surface area (Å²) >= 11 is 0. The first-order chi connectivity index (χ1) is 16.4. The number of nitrogens with one attached hydrogen (secondary N) is 1. The van der Waals surface area contributed by atoms with Crippen LogP contribution in [-0.2, 0) is 22.5 Å². The Hall–Kier alpha value is -3.74. The molecule has 0 bridgehead atoms. The fourth-order valence-electron chi connectivity index (χ4n) is 4.15. The van der Waals surface area contributed by atoms with Crippen molar-refractivity contribution in [1.29, 1.82) is 0 Å². The van der Waals surface area contributed by atoms with E-state index in [-0.39, 0.29) is 18.4 Å². The zero-order valence-corrected chi connectivity index (χ0v) is 20.4. The summed E-state index contributed by atoms with van der Waals surface area (Å²) in [5, 5.41) is 2.99. The molecule has 7 nitrogen and oxygen atoms in total. The SMILES string of the molecule is CCOC(=O)c1c(C)c(-c2ccccc2)n(CC(=O)NCCc2ccc(OC)c(OC)c2)c1C. The lowest BCUT2D eigenvalue weighted by atomic mass is 10.1. The molecule has 0 aliphatic heterocycles. The second kappa shape index (κ2) is 11.4. The molecule has 0 aliphatic rings. The summed E-state index contributed by atoms with van der Waals surface area (Å²) < 4.78 is 17.8. The monoisotopic (exact) mass is 464 g/mol. The number of hydrogen-bond acceptors (Lipinski definition) is 5. The van der Waals surface area contributed by atoms with E-state index in [9.17, 15) is 9.59 Å². The van der Waals surface area contributed by atoms with Gasteiger partial charge in [-0.1, -0.05) is 36.4 Å². The molecular weight excluding hydrogens is 432 g/mol. The molecule has 180 valence electrons. The molecule has 3 rings (SSSR count). The van der Waals surface area contributed by atoms with Crippen molar-refractivity contribution in [3.05, 3.63) is 70.9 Å². The van der Waals surface area contributed by atoms with Crippen molar-refractivity contribution in [2.75, 3.05) is 27.4 Å². The summed E-state index contributed by atoms with van der Waals surface area (Å²) in [6.45, 7) is 6.39. The minimum atomic E-state index is -0.373. The third-order valence-corrected chi connectivity index (χ3v) is 5.78. The Morgan fingerprint density at radius 1 is 0.971 bits per heavy atom. The predicted octanol–water partition coefficient (Wildman–Crippen LogP) is 4.32. The highest BCUT2D eigenvalue weighted by Crippen LogP contribution is 2.32. The van der Waals surface area contributed by atoms with E-state index in [2.05, 4.69) is 5.32 Å². The van der Waals surface area contributed by atoms with E-state index in [1.54, 1.807) is 21.1 Å². The van der Waals surface area contributed by atoms with Crippen LogP contribution in [0.2, 0.25) is 0 Å². The summed E-state index contributed by atoms with van der Waals surface area (Å²) in [7, 11) is 3.19. The number of amides is 1. The van der Waals surface area contributed by atoms with Crippen molar-refractivity contribution >= 4 is 11.9 Å². The second-order valence-electron chi connectivity index (χ2n) is 7.90. The number of nitrogens with zero attached hydrogens (tertiary/aromatic N) is 1. The summed E-state index contributed by atoms with van der Waals surface area (Å²) in [5.41, 5.74) is 4.84. The molecular formula is C27H32N2O5. The van der Waals surface area contributed by atoms with Crippen LogP contribution in [0.4, 0.5) is 0 Å². The molecule has 1 aromatic heterocycles. The van der Waals surface area contributed by atoms with Crippen LogP contribution in [0.15, 0.2) is 48.5 Å². The Bertz CT molecular complexity index is 1150. The third-order valence-electron chi connectivity index (χ3n) is 5.78. The topological polar surface area (TPSA) is 78.8 Å². The van der Waals surface area contributed by atoms with Gasteiger partial charge in [0.1, 0.15) is 6.54 Å². The number of aromatic nitrogens is 1. The van der Waals surface area contributed by atoms with E-state index in [0.29, 0.717) is 42.3 Å². The molecule has 0 atom stereocenters. The van der Waals surface area contributed by atoms with Gasteiger partial charge in [-0.2, -0.15) is 0 Å². The first-order valence-corrected chi connectivity index (χ1v) is 11.3. The fourth-order valence-corrected chi connectivity index (χ4v) is 4.15. The van der Waals surface area contributed by atoms with Gasteiger partial charge in [-0.05, 0) is 56.0 Å². The van der Waals surface area contributed by atoms with Gasteiger partial charge in [-0.25, -0.2) is 4.79 Å². The number of esters is 1. The van der Waals surface area contributed by atoms with Crippen molar-refractivity contribution in [2.45, 2.75) is 33.7 Å². The van der Waals surface area contributed by atoms with E-state index >= 15 is 0 Å². The number of ether oxygens (including phenoxy) is 3. The molecule has 1 amide bonds. The van der Waals surface area contributed by atoms with Crippen molar-refractivity contribution in [1.82, 2.24) is 9.88 Å². The van der Waals surface area contributed by atoms with Crippen LogP contribution in [0.5, 0.6) is 11.5 Å². The molecule has 0 spiro atoms. The van der Waals surface area contributed by atoms with Gasteiger partial charge in [0, 0.05) is 12.2 Å².